The Balaban J connectivity index is 1.65. The summed E-state index contributed by atoms with van der Waals surface area (Å²) in [6.45, 7) is 7.97. The van der Waals surface area contributed by atoms with E-state index in [1.54, 1.807) is 0 Å². The lowest BCUT2D eigenvalue weighted by molar-refractivity contribution is 0.0370. The molecule has 1 saturated heterocycles. The number of nitrogens with one attached hydrogen (secondary N) is 1. The van der Waals surface area contributed by atoms with Gasteiger partial charge in [-0.05, 0) is 18.8 Å². The molecule has 2 heterocycles. The third-order valence-electron chi connectivity index (χ3n) is 5.27. The maximum absolute atomic E-state index is 4.85. The smallest absolute Gasteiger partial charge is 0.213 e. The highest BCUT2D eigenvalue weighted by Crippen LogP contribution is 2.33. The fourth-order valence-corrected chi connectivity index (χ4v) is 4.02. The van der Waals surface area contributed by atoms with Gasteiger partial charge in [-0.15, -0.1) is 0 Å². The number of aromatic nitrogens is 2. The first-order chi connectivity index (χ1) is 10.2. The fourth-order valence-electron chi connectivity index (χ4n) is 4.02. The van der Waals surface area contributed by atoms with Gasteiger partial charge >= 0.3 is 0 Å². The predicted octanol–water partition coefficient (Wildman–Crippen LogP) is 2.24. The zero-order valence-corrected chi connectivity index (χ0v) is 13.3. The van der Waals surface area contributed by atoms with E-state index < -0.39 is 0 Å². The molecule has 1 atom stereocenters. The van der Waals surface area contributed by atoms with Gasteiger partial charge in [-0.25, -0.2) is 0 Å². The van der Waals surface area contributed by atoms with Crippen molar-refractivity contribution in [1.82, 2.24) is 20.4 Å². The summed E-state index contributed by atoms with van der Waals surface area (Å²) in [6.07, 6.45) is 9.12. The highest BCUT2D eigenvalue weighted by Gasteiger charge is 2.40. The maximum Gasteiger partial charge on any atom is 0.213 e. The molecule has 1 unspecified atom stereocenters. The molecule has 1 spiro atoms. The molecule has 1 aromatic rings. The number of hydrogen-bond acceptors (Lipinski definition) is 5. The van der Waals surface area contributed by atoms with E-state index in [0.717, 1.165) is 25.3 Å². The van der Waals surface area contributed by atoms with Crippen molar-refractivity contribution in [1.29, 1.82) is 0 Å². The summed E-state index contributed by atoms with van der Waals surface area (Å²) < 4.78 is 4.85. The highest BCUT2D eigenvalue weighted by molar-refractivity contribution is 5.00. The monoisotopic (exact) mass is 292 g/mol. The lowest BCUT2D eigenvalue weighted by Gasteiger charge is -2.51. The van der Waals surface area contributed by atoms with E-state index in [1.165, 1.54) is 45.0 Å². The summed E-state index contributed by atoms with van der Waals surface area (Å²) in [5, 5.41) is 7.84. The second-order valence-corrected chi connectivity index (χ2v) is 7.10. The topological polar surface area (TPSA) is 54.2 Å². The third kappa shape index (κ3) is 3.46. The number of piperazine rings is 1. The van der Waals surface area contributed by atoms with Crippen LogP contribution in [0.25, 0.3) is 0 Å². The summed E-state index contributed by atoms with van der Waals surface area (Å²) >= 11 is 0. The van der Waals surface area contributed by atoms with Crippen LogP contribution in [-0.2, 0) is 6.42 Å². The molecule has 2 fully saturated rings. The second-order valence-electron chi connectivity index (χ2n) is 7.10. The van der Waals surface area contributed by atoms with Gasteiger partial charge in [0.15, 0.2) is 5.82 Å². The van der Waals surface area contributed by atoms with E-state index in [0.29, 0.717) is 17.5 Å². The molecule has 0 amide bonds. The minimum atomic E-state index is 0.362. The van der Waals surface area contributed by atoms with Gasteiger partial charge in [-0.2, -0.15) is 4.98 Å². The molecule has 2 aliphatic rings. The molecule has 1 aromatic heterocycles. The van der Waals surface area contributed by atoms with Crippen molar-refractivity contribution < 1.29 is 4.52 Å². The molecule has 0 aromatic carbocycles. The van der Waals surface area contributed by atoms with E-state index in [9.17, 15) is 0 Å². The molecule has 5 heteroatoms. The van der Waals surface area contributed by atoms with Crippen LogP contribution < -0.4 is 5.32 Å². The Morgan fingerprint density at radius 3 is 2.86 bits per heavy atom. The number of rotatable bonds is 4. The van der Waals surface area contributed by atoms with Gasteiger partial charge in [0.05, 0.1) is 0 Å². The van der Waals surface area contributed by atoms with Crippen LogP contribution in [0, 0.1) is 5.92 Å². The summed E-state index contributed by atoms with van der Waals surface area (Å²) in [6, 6.07) is 0.615. The van der Waals surface area contributed by atoms with Crippen LogP contribution in [0.1, 0.15) is 51.8 Å². The average molecular weight is 292 g/mol. The van der Waals surface area contributed by atoms with Crippen molar-refractivity contribution in [3.8, 4) is 0 Å². The molecule has 0 radical (unpaired) electrons. The summed E-state index contributed by atoms with van der Waals surface area (Å²) in [5.41, 5.74) is 0.362. The average Bonchev–Trinajstić information content (AvgIpc) is 2.99. The Kier molecular flexibility index (Phi) is 4.60. The van der Waals surface area contributed by atoms with Crippen molar-refractivity contribution in [3.63, 3.8) is 0 Å². The Bertz CT molecular complexity index is 425. The lowest BCUT2D eigenvalue weighted by atomic mass is 9.78. The normalized spacial score (nSPS) is 26.5. The minimum Gasteiger partial charge on any atom is -0.343 e. The van der Waals surface area contributed by atoms with Crippen LogP contribution in [0.15, 0.2) is 10.9 Å². The molecule has 1 aliphatic heterocycles. The number of hydrogen-bond donors (Lipinski definition) is 1. The summed E-state index contributed by atoms with van der Waals surface area (Å²) in [4.78, 5) is 6.82. The zero-order chi connectivity index (χ0) is 14.7. The van der Waals surface area contributed by atoms with Gasteiger partial charge in [0.2, 0.25) is 6.39 Å². The quantitative estimate of drug-likeness (QED) is 0.922. The van der Waals surface area contributed by atoms with Gasteiger partial charge in [0.1, 0.15) is 0 Å². The Morgan fingerprint density at radius 1 is 1.38 bits per heavy atom. The summed E-state index contributed by atoms with van der Waals surface area (Å²) in [7, 11) is 0. The molecule has 1 N–H and O–H groups in total. The zero-order valence-electron chi connectivity index (χ0n) is 13.3. The Morgan fingerprint density at radius 2 is 2.19 bits per heavy atom. The van der Waals surface area contributed by atoms with Crippen molar-refractivity contribution in [3.05, 3.63) is 12.2 Å². The molecule has 21 heavy (non-hydrogen) atoms. The standard InChI is InChI=1S/C16H28N4O/c1-13(2)14-10-18-16(7-4-3-5-8-16)11-20(14)9-6-15-17-12-21-19-15/h12-14,18H,3-11H2,1-2H3. The molecular formula is C16H28N4O. The molecule has 118 valence electrons. The van der Waals surface area contributed by atoms with E-state index in [2.05, 4.69) is 34.2 Å². The first-order valence-electron chi connectivity index (χ1n) is 8.43. The molecule has 1 aliphatic carbocycles. The van der Waals surface area contributed by atoms with Crippen molar-refractivity contribution in [2.45, 2.75) is 64.0 Å². The Labute approximate surface area is 127 Å². The maximum atomic E-state index is 4.85. The van der Waals surface area contributed by atoms with Gasteiger partial charge in [0.25, 0.3) is 0 Å². The van der Waals surface area contributed by atoms with Gasteiger partial charge < -0.3 is 9.84 Å². The Hall–Kier alpha value is -0.940. The first kappa shape index (κ1) is 15.0. The molecule has 5 nitrogen and oxygen atoms in total. The predicted molar refractivity (Wildman–Crippen MR) is 82.0 cm³/mol. The van der Waals surface area contributed by atoms with E-state index >= 15 is 0 Å². The molecule has 1 saturated carbocycles. The van der Waals surface area contributed by atoms with Crippen LogP contribution in [-0.4, -0.2) is 46.3 Å². The second kappa shape index (κ2) is 6.44. The van der Waals surface area contributed by atoms with Crippen molar-refractivity contribution in [2.75, 3.05) is 19.6 Å². The lowest BCUT2D eigenvalue weighted by Crippen LogP contribution is -2.66. The minimum absolute atomic E-state index is 0.362. The van der Waals surface area contributed by atoms with Crippen LogP contribution in [0.2, 0.25) is 0 Å². The SMILES string of the molecule is CC(C)C1CNC2(CCCCC2)CN1CCc1ncon1. The molecular weight excluding hydrogens is 264 g/mol. The highest BCUT2D eigenvalue weighted by atomic mass is 16.5. The first-order valence-corrected chi connectivity index (χ1v) is 8.43. The number of nitrogens with zero attached hydrogens (tertiary/aromatic N) is 3. The molecule has 0 bridgehead atoms. The van der Waals surface area contributed by atoms with E-state index in [-0.39, 0.29) is 0 Å². The van der Waals surface area contributed by atoms with E-state index in [1.807, 2.05) is 0 Å². The van der Waals surface area contributed by atoms with Gasteiger partial charge in [-0.1, -0.05) is 38.3 Å². The van der Waals surface area contributed by atoms with Gasteiger partial charge in [-0.3, -0.25) is 4.90 Å². The third-order valence-corrected chi connectivity index (χ3v) is 5.27. The van der Waals surface area contributed by atoms with Crippen LogP contribution in [0.3, 0.4) is 0 Å². The van der Waals surface area contributed by atoms with Crippen LogP contribution in [0.4, 0.5) is 0 Å². The summed E-state index contributed by atoms with van der Waals surface area (Å²) in [5.74, 6) is 1.50. The van der Waals surface area contributed by atoms with Crippen LogP contribution in [0.5, 0.6) is 0 Å². The molecule has 3 rings (SSSR count). The van der Waals surface area contributed by atoms with Crippen LogP contribution >= 0.6 is 0 Å². The van der Waals surface area contributed by atoms with Crippen molar-refractivity contribution in [2.24, 2.45) is 5.92 Å². The fraction of sp³-hybridized carbons (Fsp3) is 0.875. The largest absolute Gasteiger partial charge is 0.343 e. The van der Waals surface area contributed by atoms with Crippen molar-refractivity contribution >= 4 is 0 Å². The van der Waals surface area contributed by atoms with Gasteiger partial charge in [0, 0.05) is 37.6 Å². The van der Waals surface area contributed by atoms with E-state index in [4.69, 9.17) is 4.52 Å².